The van der Waals surface area contributed by atoms with Crippen LogP contribution in [0.1, 0.15) is 26.2 Å². The van der Waals surface area contributed by atoms with Gasteiger partial charge in [-0.25, -0.2) is 8.42 Å². The lowest BCUT2D eigenvalue weighted by Gasteiger charge is -2.06. The van der Waals surface area contributed by atoms with Crippen LogP contribution in [0.4, 0.5) is 5.69 Å². The van der Waals surface area contributed by atoms with Gasteiger partial charge < -0.3 is 0 Å². The number of sulfonamides is 1. The number of hydrogen-bond donors (Lipinski definition) is 0. The van der Waals surface area contributed by atoms with Crippen LogP contribution in [0.25, 0.3) is 0 Å². The summed E-state index contributed by atoms with van der Waals surface area (Å²) in [5, 5.41) is 10.9. The van der Waals surface area contributed by atoms with Crippen molar-refractivity contribution < 1.29 is 13.3 Å². The molecule has 6 nitrogen and oxygen atoms in total. The number of nitrogens with zero attached hydrogens (tertiary/aromatic N) is 2. The molecule has 1 aromatic rings. The van der Waals surface area contributed by atoms with Gasteiger partial charge in [-0.2, -0.15) is 4.31 Å². The zero-order valence-corrected chi connectivity index (χ0v) is 11.5. The van der Waals surface area contributed by atoms with Gasteiger partial charge in [0.25, 0.3) is 5.69 Å². The first-order valence-electron chi connectivity index (χ1n) is 6.23. The fraction of sp³-hybridized carbons (Fsp3) is 0.500. The van der Waals surface area contributed by atoms with Gasteiger partial charge in [0.15, 0.2) is 4.90 Å². The van der Waals surface area contributed by atoms with Crippen LogP contribution in [0, 0.1) is 10.1 Å². The summed E-state index contributed by atoms with van der Waals surface area (Å²) in [4.78, 5) is 10.0. The van der Waals surface area contributed by atoms with E-state index in [2.05, 4.69) is 0 Å². The fourth-order valence-electron chi connectivity index (χ4n) is 2.08. The zero-order chi connectivity index (χ0) is 14.0. The van der Waals surface area contributed by atoms with Crippen molar-refractivity contribution in [3.05, 3.63) is 34.4 Å². The first-order valence-corrected chi connectivity index (χ1v) is 7.67. The van der Waals surface area contributed by atoms with E-state index in [0.717, 1.165) is 19.3 Å². The van der Waals surface area contributed by atoms with Gasteiger partial charge in [-0.15, -0.1) is 0 Å². The largest absolute Gasteiger partial charge is 0.289 e. The summed E-state index contributed by atoms with van der Waals surface area (Å²) in [5.41, 5.74) is -0.358. The third-order valence-electron chi connectivity index (χ3n) is 3.20. The predicted octanol–water partition coefficient (Wildman–Crippen LogP) is 2.16. The van der Waals surface area contributed by atoms with Gasteiger partial charge in [0.1, 0.15) is 0 Å². The lowest BCUT2D eigenvalue weighted by molar-refractivity contribution is -0.387. The van der Waals surface area contributed by atoms with Crippen molar-refractivity contribution in [2.45, 2.75) is 37.1 Å². The highest BCUT2D eigenvalue weighted by molar-refractivity contribution is 7.89. The Morgan fingerprint density at radius 2 is 2.11 bits per heavy atom. The number of benzene rings is 1. The predicted molar refractivity (Wildman–Crippen MR) is 70.3 cm³/mol. The molecule has 2 unspecified atom stereocenters. The zero-order valence-electron chi connectivity index (χ0n) is 10.7. The van der Waals surface area contributed by atoms with Crippen LogP contribution in [0.15, 0.2) is 29.2 Å². The van der Waals surface area contributed by atoms with Crippen LogP contribution in [-0.2, 0) is 10.0 Å². The monoisotopic (exact) mass is 284 g/mol. The molecule has 1 aromatic carbocycles. The Kier molecular flexibility index (Phi) is 3.86. The smallest absolute Gasteiger partial charge is 0.258 e. The van der Waals surface area contributed by atoms with Crippen molar-refractivity contribution in [1.29, 1.82) is 0 Å². The third-order valence-corrected chi connectivity index (χ3v) is 5.17. The van der Waals surface area contributed by atoms with Crippen molar-refractivity contribution >= 4 is 15.7 Å². The standard InChI is InChI=1S/C12H16N2O4S/c1-2-3-6-10-9-13(10)19(17,18)12-8-5-4-7-11(12)14(15)16/h4-5,7-8,10H,2-3,6,9H2,1H3. The number of para-hydroxylation sites is 1. The highest BCUT2D eigenvalue weighted by Crippen LogP contribution is 2.34. The van der Waals surface area contributed by atoms with Crippen molar-refractivity contribution in [3.63, 3.8) is 0 Å². The Bertz CT molecular complexity index is 585. The number of rotatable bonds is 6. The molecule has 19 heavy (non-hydrogen) atoms. The summed E-state index contributed by atoms with van der Waals surface area (Å²) in [6, 6.07) is 5.49. The molecule has 2 rings (SSSR count). The molecule has 0 saturated carbocycles. The second-order valence-corrected chi connectivity index (χ2v) is 6.45. The van der Waals surface area contributed by atoms with Crippen molar-refractivity contribution in [3.8, 4) is 0 Å². The second kappa shape index (κ2) is 5.26. The molecule has 1 heterocycles. The Labute approximate surface area is 112 Å². The van der Waals surface area contributed by atoms with Gasteiger partial charge in [-0.3, -0.25) is 10.1 Å². The maximum atomic E-state index is 12.3. The van der Waals surface area contributed by atoms with Gasteiger partial charge in [0.05, 0.1) is 4.92 Å². The molecule has 1 fully saturated rings. The molecule has 0 radical (unpaired) electrons. The minimum atomic E-state index is -3.73. The van der Waals surface area contributed by atoms with E-state index in [-0.39, 0.29) is 16.6 Å². The SMILES string of the molecule is CCCCC1CN1S(=O)(=O)c1ccccc1[N+](=O)[O-]. The summed E-state index contributed by atoms with van der Waals surface area (Å²) < 4.78 is 26.0. The quantitative estimate of drug-likeness (QED) is 0.455. The van der Waals surface area contributed by atoms with Crippen LogP contribution in [0.3, 0.4) is 0 Å². The Hall–Kier alpha value is -1.47. The van der Waals surface area contributed by atoms with Crippen molar-refractivity contribution in [2.24, 2.45) is 0 Å². The average molecular weight is 284 g/mol. The van der Waals surface area contributed by atoms with Crippen molar-refractivity contribution in [2.75, 3.05) is 6.54 Å². The molecule has 0 N–H and O–H groups in total. The van der Waals surface area contributed by atoms with E-state index in [1.807, 2.05) is 6.92 Å². The highest BCUT2D eigenvalue weighted by Gasteiger charge is 2.45. The molecule has 1 aliphatic rings. The molecule has 1 aliphatic heterocycles. The summed E-state index contributed by atoms with van der Waals surface area (Å²) >= 11 is 0. The van der Waals surface area contributed by atoms with Crippen LogP contribution >= 0.6 is 0 Å². The van der Waals surface area contributed by atoms with Crippen LogP contribution in [0.2, 0.25) is 0 Å². The van der Waals surface area contributed by atoms with E-state index in [9.17, 15) is 18.5 Å². The minimum absolute atomic E-state index is 0.00441. The summed E-state index contributed by atoms with van der Waals surface area (Å²) in [5.74, 6) is 0. The highest BCUT2D eigenvalue weighted by atomic mass is 32.2. The topological polar surface area (TPSA) is 80.3 Å². The Balaban J connectivity index is 2.25. The fourth-order valence-corrected chi connectivity index (χ4v) is 3.86. The van der Waals surface area contributed by atoms with Gasteiger partial charge in [-0.1, -0.05) is 31.9 Å². The molecular weight excluding hydrogens is 268 g/mol. The molecule has 0 aromatic heterocycles. The van der Waals surface area contributed by atoms with E-state index >= 15 is 0 Å². The minimum Gasteiger partial charge on any atom is -0.258 e. The van der Waals surface area contributed by atoms with Gasteiger partial charge in [0.2, 0.25) is 10.0 Å². The Morgan fingerprint density at radius 3 is 2.74 bits per heavy atom. The van der Waals surface area contributed by atoms with Gasteiger partial charge in [0, 0.05) is 18.7 Å². The van der Waals surface area contributed by atoms with E-state index in [1.54, 1.807) is 0 Å². The number of nitro benzene ring substituents is 1. The molecule has 7 heteroatoms. The number of unbranched alkanes of at least 4 members (excludes halogenated alkanes) is 1. The van der Waals surface area contributed by atoms with Crippen LogP contribution in [0.5, 0.6) is 0 Å². The normalized spacial score (nSPS) is 22.2. The van der Waals surface area contributed by atoms with Crippen LogP contribution in [-0.4, -0.2) is 30.2 Å². The molecule has 104 valence electrons. The first-order chi connectivity index (χ1) is 8.98. The summed E-state index contributed by atoms with van der Waals surface area (Å²) in [7, 11) is -3.73. The molecule has 1 saturated heterocycles. The summed E-state index contributed by atoms with van der Waals surface area (Å²) in [6.07, 6.45) is 2.79. The van der Waals surface area contributed by atoms with Gasteiger partial charge >= 0.3 is 0 Å². The lowest BCUT2D eigenvalue weighted by Crippen LogP contribution is -2.16. The first kappa shape index (κ1) is 14.0. The molecule has 0 bridgehead atoms. The maximum absolute atomic E-state index is 12.3. The maximum Gasteiger partial charge on any atom is 0.289 e. The van der Waals surface area contributed by atoms with E-state index in [4.69, 9.17) is 0 Å². The van der Waals surface area contributed by atoms with E-state index < -0.39 is 14.9 Å². The second-order valence-electron chi connectivity index (χ2n) is 4.60. The number of hydrogen-bond acceptors (Lipinski definition) is 4. The molecule has 0 aliphatic carbocycles. The van der Waals surface area contributed by atoms with E-state index in [0.29, 0.717) is 6.54 Å². The number of nitro groups is 1. The molecular formula is C12H16N2O4S. The Morgan fingerprint density at radius 1 is 1.42 bits per heavy atom. The average Bonchev–Trinajstić information content (AvgIpc) is 3.16. The van der Waals surface area contributed by atoms with Gasteiger partial charge in [-0.05, 0) is 12.5 Å². The van der Waals surface area contributed by atoms with E-state index in [1.165, 1.54) is 28.6 Å². The third kappa shape index (κ3) is 2.76. The summed E-state index contributed by atoms with van der Waals surface area (Å²) in [6.45, 7) is 2.51. The molecule has 0 spiro atoms. The van der Waals surface area contributed by atoms with Crippen molar-refractivity contribution in [1.82, 2.24) is 4.31 Å². The lowest BCUT2D eigenvalue weighted by atomic mass is 10.2. The molecule has 0 amide bonds. The molecule has 2 atom stereocenters. The van der Waals surface area contributed by atoms with Crippen LogP contribution < -0.4 is 0 Å².